The molecule has 9 heteroatoms. The summed E-state index contributed by atoms with van der Waals surface area (Å²) in [5.41, 5.74) is 0.139. The summed E-state index contributed by atoms with van der Waals surface area (Å²) in [6, 6.07) is 3.64. The van der Waals surface area contributed by atoms with E-state index in [0.29, 0.717) is 25.4 Å². The first-order valence-corrected chi connectivity index (χ1v) is 8.15. The van der Waals surface area contributed by atoms with Crippen molar-refractivity contribution in [3.63, 3.8) is 0 Å². The standard InChI is InChI=1S/C13H17N3O5S/c1-2-5-21-12-3-4-15(9-12)10-6-11(16(17)18)8-13(7-10)22(14,19)20/h2,6-8,12H,1,3-5,9H2,(H2,14,19,20). The number of nitrogens with two attached hydrogens (primary N) is 1. The smallest absolute Gasteiger partial charge is 0.272 e. The van der Waals surface area contributed by atoms with Crippen LogP contribution >= 0.6 is 0 Å². The van der Waals surface area contributed by atoms with Gasteiger partial charge in [-0.15, -0.1) is 6.58 Å². The van der Waals surface area contributed by atoms with Gasteiger partial charge in [-0.3, -0.25) is 10.1 Å². The highest BCUT2D eigenvalue weighted by molar-refractivity contribution is 7.89. The Balaban J connectivity index is 2.29. The number of anilines is 1. The van der Waals surface area contributed by atoms with Crippen molar-refractivity contribution in [1.82, 2.24) is 0 Å². The Morgan fingerprint density at radius 3 is 2.82 bits per heavy atom. The van der Waals surface area contributed by atoms with E-state index in [4.69, 9.17) is 9.88 Å². The van der Waals surface area contributed by atoms with Gasteiger partial charge >= 0.3 is 0 Å². The summed E-state index contributed by atoms with van der Waals surface area (Å²) in [5, 5.41) is 16.1. The lowest BCUT2D eigenvalue weighted by Crippen LogP contribution is -2.23. The molecule has 1 saturated heterocycles. The highest BCUT2D eigenvalue weighted by Crippen LogP contribution is 2.29. The molecule has 1 heterocycles. The average Bonchev–Trinajstić information content (AvgIpc) is 2.92. The zero-order chi connectivity index (χ0) is 16.3. The lowest BCUT2D eigenvalue weighted by molar-refractivity contribution is -0.385. The second-order valence-corrected chi connectivity index (χ2v) is 6.53. The van der Waals surface area contributed by atoms with Gasteiger partial charge in [0.2, 0.25) is 10.0 Å². The molecule has 1 aromatic carbocycles. The summed E-state index contributed by atoms with van der Waals surface area (Å²) in [6.07, 6.45) is 2.38. The summed E-state index contributed by atoms with van der Waals surface area (Å²) in [5.74, 6) is 0. The Morgan fingerprint density at radius 1 is 1.50 bits per heavy atom. The van der Waals surface area contributed by atoms with Crippen molar-refractivity contribution in [2.24, 2.45) is 5.14 Å². The zero-order valence-electron chi connectivity index (χ0n) is 11.8. The van der Waals surface area contributed by atoms with Gasteiger partial charge in [0.05, 0.1) is 22.5 Å². The maximum atomic E-state index is 11.5. The fourth-order valence-corrected chi connectivity index (χ4v) is 2.89. The van der Waals surface area contributed by atoms with Crippen LogP contribution in [0.1, 0.15) is 6.42 Å². The van der Waals surface area contributed by atoms with Crippen LogP contribution in [0.4, 0.5) is 11.4 Å². The molecule has 1 aromatic rings. The molecular formula is C13H17N3O5S. The van der Waals surface area contributed by atoms with E-state index >= 15 is 0 Å². The number of ether oxygens (including phenoxy) is 1. The van der Waals surface area contributed by atoms with Crippen LogP contribution in [0.15, 0.2) is 35.7 Å². The summed E-state index contributed by atoms with van der Waals surface area (Å²) < 4.78 is 28.5. The fourth-order valence-electron chi connectivity index (χ4n) is 2.32. The molecule has 0 radical (unpaired) electrons. The third kappa shape index (κ3) is 3.81. The van der Waals surface area contributed by atoms with Crippen LogP contribution in [0.25, 0.3) is 0 Å². The second-order valence-electron chi connectivity index (χ2n) is 4.97. The Morgan fingerprint density at radius 2 is 2.23 bits per heavy atom. The summed E-state index contributed by atoms with van der Waals surface area (Å²) >= 11 is 0. The molecular weight excluding hydrogens is 310 g/mol. The molecule has 120 valence electrons. The number of hydrogen-bond acceptors (Lipinski definition) is 6. The van der Waals surface area contributed by atoms with Crippen LogP contribution in [0, 0.1) is 10.1 Å². The second kappa shape index (κ2) is 6.42. The van der Waals surface area contributed by atoms with Crippen LogP contribution in [-0.4, -0.2) is 39.1 Å². The molecule has 0 amide bonds. The third-order valence-corrected chi connectivity index (χ3v) is 4.27. The Labute approximate surface area is 128 Å². The number of nitro benzene ring substituents is 1. The van der Waals surface area contributed by atoms with Crippen LogP contribution in [0.5, 0.6) is 0 Å². The minimum Gasteiger partial charge on any atom is -0.372 e. The molecule has 1 aliphatic rings. The Kier molecular flexibility index (Phi) is 4.79. The van der Waals surface area contributed by atoms with Gasteiger partial charge in [-0.05, 0) is 12.5 Å². The van der Waals surface area contributed by atoms with Gasteiger partial charge in [0.15, 0.2) is 0 Å². The lowest BCUT2D eigenvalue weighted by Gasteiger charge is -2.19. The van der Waals surface area contributed by atoms with Gasteiger partial charge in [0.25, 0.3) is 5.69 Å². The lowest BCUT2D eigenvalue weighted by atomic mass is 10.2. The molecule has 1 atom stereocenters. The van der Waals surface area contributed by atoms with E-state index < -0.39 is 14.9 Å². The van der Waals surface area contributed by atoms with Crippen molar-refractivity contribution in [3.05, 3.63) is 41.0 Å². The predicted molar refractivity (Wildman–Crippen MR) is 81.2 cm³/mol. The molecule has 1 fully saturated rings. The van der Waals surface area contributed by atoms with Crippen molar-refractivity contribution in [3.8, 4) is 0 Å². The number of primary sulfonamides is 1. The first kappa shape index (κ1) is 16.4. The van der Waals surface area contributed by atoms with Gasteiger partial charge < -0.3 is 9.64 Å². The van der Waals surface area contributed by atoms with Crippen molar-refractivity contribution < 1.29 is 18.1 Å². The predicted octanol–water partition coefficient (Wildman–Crippen LogP) is 1.02. The van der Waals surface area contributed by atoms with Gasteiger partial charge in [-0.25, -0.2) is 13.6 Å². The number of benzene rings is 1. The number of nitro groups is 1. The monoisotopic (exact) mass is 327 g/mol. The Hall–Kier alpha value is -1.97. The van der Waals surface area contributed by atoms with Crippen LogP contribution in [0.2, 0.25) is 0 Å². The van der Waals surface area contributed by atoms with Crippen LogP contribution < -0.4 is 10.0 Å². The number of non-ortho nitro benzene ring substituents is 1. The van der Waals surface area contributed by atoms with Gasteiger partial charge in [0.1, 0.15) is 0 Å². The number of sulfonamides is 1. The number of nitrogens with zero attached hydrogens (tertiary/aromatic N) is 2. The molecule has 1 aliphatic heterocycles. The van der Waals surface area contributed by atoms with E-state index in [2.05, 4.69) is 6.58 Å². The largest absolute Gasteiger partial charge is 0.372 e. The van der Waals surface area contributed by atoms with E-state index in [9.17, 15) is 18.5 Å². The van der Waals surface area contributed by atoms with E-state index in [0.717, 1.165) is 12.5 Å². The molecule has 0 aromatic heterocycles. The van der Waals surface area contributed by atoms with Crippen molar-refractivity contribution in [2.45, 2.75) is 17.4 Å². The van der Waals surface area contributed by atoms with Gasteiger partial charge in [0, 0.05) is 30.9 Å². The fraction of sp³-hybridized carbons (Fsp3) is 0.385. The van der Waals surface area contributed by atoms with Gasteiger partial charge in [-0.2, -0.15) is 0 Å². The summed E-state index contributed by atoms with van der Waals surface area (Å²) in [4.78, 5) is 11.9. The molecule has 0 spiro atoms. The molecule has 0 saturated carbocycles. The number of rotatable bonds is 6. The molecule has 2 N–H and O–H groups in total. The van der Waals surface area contributed by atoms with Crippen molar-refractivity contribution in [2.75, 3.05) is 24.6 Å². The topological polar surface area (TPSA) is 116 Å². The molecule has 22 heavy (non-hydrogen) atoms. The van der Waals surface area contributed by atoms with E-state index in [1.807, 2.05) is 4.90 Å². The molecule has 0 bridgehead atoms. The van der Waals surface area contributed by atoms with E-state index in [-0.39, 0.29) is 16.7 Å². The molecule has 1 unspecified atom stereocenters. The SMILES string of the molecule is C=CCOC1CCN(c2cc([N+](=O)[O-])cc(S(N)(=O)=O)c2)C1. The van der Waals surface area contributed by atoms with Crippen molar-refractivity contribution >= 4 is 21.4 Å². The zero-order valence-corrected chi connectivity index (χ0v) is 12.7. The Bertz CT molecular complexity index is 689. The number of hydrogen-bond donors (Lipinski definition) is 1. The van der Waals surface area contributed by atoms with Crippen LogP contribution in [-0.2, 0) is 14.8 Å². The maximum absolute atomic E-state index is 11.5. The average molecular weight is 327 g/mol. The van der Waals surface area contributed by atoms with E-state index in [1.54, 1.807) is 6.08 Å². The first-order valence-electron chi connectivity index (χ1n) is 6.61. The summed E-state index contributed by atoms with van der Waals surface area (Å²) in [6.45, 7) is 5.15. The van der Waals surface area contributed by atoms with Crippen LogP contribution in [0.3, 0.4) is 0 Å². The van der Waals surface area contributed by atoms with Crippen molar-refractivity contribution in [1.29, 1.82) is 0 Å². The maximum Gasteiger partial charge on any atom is 0.272 e. The first-order chi connectivity index (χ1) is 10.3. The quantitative estimate of drug-likeness (QED) is 0.474. The summed E-state index contributed by atoms with van der Waals surface area (Å²) in [7, 11) is -4.01. The molecule has 2 rings (SSSR count). The van der Waals surface area contributed by atoms with E-state index in [1.165, 1.54) is 12.1 Å². The third-order valence-electron chi connectivity index (χ3n) is 3.38. The minimum absolute atomic E-state index is 0.0183. The molecule has 0 aliphatic carbocycles. The highest BCUT2D eigenvalue weighted by Gasteiger charge is 2.26. The molecule has 8 nitrogen and oxygen atoms in total. The van der Waals surface area contributed by atoms with Gasteiger partial charge in [-0.1, -0.05) is 6.08 Å². The minimum atomic E-state index is -4.01. The highest BCUT2D eigenvalue weighted by atomic mass is 32.2. The normalized spacial score (nSPS) is 18.4.